The number of nitrogens with zero attached hydrogens (tertiary/aromatic N) is 4. The monoisotopic (exact) mass is 921 g/mol. The predicted octanol–water partition coefficient (Wildman–Crippen LogP) is 12.9. The number of para-hydroxylation sites is 4. The number of hydrogen-bond acceptors (Lipinski definition) is 4. The maximum Gasteiger partial charge on any atom is 0.179 e. The molecule has 5 nitrogen and oxygen atoms in total. The molecule has 0 N–H and O–H groups in total. The van der Waals surface area contributed by atoms with Crippen molar-refractivity contribution >= 4 is 72.6 Å². The first-order valence-electron chi connectivity index (χ1n) is 33.0. The minimum absolute atomic E-state index is 0.167. The maximum absolute atomic E-state index is 9.79. The molecule has 3 aromatic heterocycles. The van der Waals surface area contributed by atoms with Gasteiger partial charge < -0.3 is 8.98 Å². The van der Waals surface area contributed by atoms with E-state index in [1.54, 1.807) is 12.1 Å². The van der Waals surface area contributed by atoms with E-state index < -0.39 is 220 Å². The Morgan fingerprint density at radius 1 is 0.362 bits per heavy atom. The largest absolute Gasteiger partial charge is 0.456 e. The van der Waals surface area contributed by atoms with E-state index >= 15 is 0 Å². The van der Waals surface area contributed by atoms with Crippen molar-refractivity contribution in [1.82, 2.24) is 19.5 Å². The lowest BCUT2D eigenvalue weighted by Gasteiger charge is -2.34. The highest BCUT2D eigenvalue weighted by molar-refractivity contribution is 7.19. The SMILES string of the molecule is [2H]c1c([2H])c([2H])c(-c2c([2H])c([2H])c3c(oc4c([2H])c([2H])c([2H])c([2H])c43)c2[2H])c(-c2nc(-c3ccc([Si](c4ccccc4)(c4ccccc4)c4ccccc4)cc3)nc(-c3c([2H])c([2H])c([2H])c([2H])c3-n3c4c([2H])c([2H])c([2H])c([2H])c4c4c([2H])c([2H])c([2H])c([2H])c43)n2)c1[2H]. The van der Waals surface area contributed by atoms with Gasteiger partial charge in [-0.05, 0) is 74.2 Å². The summed E-state index contributed by atoms with van der Waals surface area (Å²) in [6.07, 6.45) is 0. The minimum Gasteiger partial charge on any atom is -0.456 e. The quantitative estimate of drug-likeness (QED) is 0.107. The van der Waals surface area contributed by atoms with Crippen molar-refractivity contribution in [1.29, 1.82) is 0 Å². The highest BCUT2D eigenvalue weighted by atomic mass is 28.3. The van der Waals surface area contributed by atoms with Crippen LogP contribution in [0.4, 0.5) is 0 Å². The standard InChI is InChI=1S/C63H42N4OSi/c1-4-20-45(21-5-1)69(46-22-6-2-7-23-46,47-24-8-3-9-25-47)48-39-36-43(37-40-48)61-64-62(54-30-11-10-26-49(54)44-38-41-53-52-29-15-19-35-59(52)68-60(53)42-44)66-63(65-61)55-31-14-18-34-58(55)67-56-32-16-12-27-50(56)51-28-13-17-33-57(51)67/h1-42H/i10D,11D,12D,13D,14D,15D,16D,17D,18D,19D,26D,27D,28D,29D,30D,31D,32D,33D,34D,35D,38D,41D,42D. The van der Waals surface area contributed by atoms with Gasteiger partial charge in [0.25, 0.3) is 0 Å². The first kappa shape index (κ1) is 23.2. The van der Waals surface area contributed by atoms with E-state index in [0.29, 0.717) is 0 Å². The van der Waals surface area contributed by atoms with Crippen molar-refractivity contribution in [3.63, 3.8) is 0 Å². The lowest BCUT2D eigenvalue weighted by Crippen LogP contribution is -2.74. The Kier molecular flexibility index (Phi) is 5.61. The normalized spacial score (nSPS) is 16.4. The summed E-state index contributed by atoms with van der Waals surface area (Å²) in [7, 11) is -3.25. The lowest BCUT2D eigenvalue weighted by molar-refractivity contribution is 0.669. The zero-order valence-electron chi connectivity index (χ0n) is 58.7. The van der Waals surface area contributed by atoms with Crippen LogP contribution in [0.15, 0.2) is 259 Å². The predicted molar refractivity (Wildman–Crippen MR) is 287 cm³/mol. The van der Waals surface area contributed by atoms with Crippen LogP contribution < -0.4 is 20.7 Å². The van der Waals surface area contributed by atoms with Crippen molar-refractivity contribution in [3.05, 3.63) is 254 Å². The molecule has 0 spiro atoms. The fraction of sp³-hybridized carbons (Fsp3) is 0. The molecule has 324 valence electrons. The zero-order valence-corrected chi connectivity index (χ0v) is 36.7. The third-order valence-electron chi connectivity index (χ3n) is 12.0. The number of furan rings is 1. The van der Waals surface area contributed by atoms with Crippen molar-refractivity contribution in [3.8, 4) is 51.0 Å². The molecule has 0 aliphatic heterocycles. The van der Waals surface area contributed by atoms with Gasteiger partial charge in [-0.3, -0.25) is 0 Å². The summed E-state index contributed by atoms with van der Waals surface area (Å²) in [5.74, 6) is -1.74. The van der Waals surface area contributed by atoms with Gasteiger partial charge >= 0.3 is 0 Å². The van der Waals surface area contributed by atoms with Gasteiger partial charge in [0.15, 0.2) is 25.5 Å². The van der Waals surface area contributed by atoms with Crippen LogP contribution >= 0.6 is 0 Å². The van der Waals surface area contributed by atoms with Crippen LogP contribution in [0.2, 0.25) is 0 Å². The molecule has 0 atom stereocenters. The molecule has 0 fully saturated rings. The molecular formula is C63H42N4OSi. The van der Waals surface area contributed by atoms with E-state index in [0.717, 1.165) is 25.3 Å². The molecule has 13 aromatic rings. The van der Waals surface area contributed by atoms with Gasteiger partial charge in [0.1, 0.15) is 11.2 Å². The Bertz CT molecular complexity index is 5210. The number of fused-ring (bicyclic) bond motifs is 6. The third-order valence-corrected chi connectivity index (χ3v) is 16.8. The van der Waals surface area contributed by atoms with Crippen LogP contribution in [0.5, 0.6) is 0 Å². The molecule has 0 bridgehead atoms. The van der Waals surface area contributed by atoms with Gasteiger partial charge in [-0.2, -0.15) is 0 Å². The van der Waals surface area contributed by atoms with Gasteiger partial charge in [0.05, 0.1) is 48.2 Å². The Labute approximate surface area is 432 Å². The Balaban J connectivity index is 1.18. The Morgan fingerprint density at radius 3 is 1.45 bits per heavy atom. The van der Waals surface area contributed by atoms with Gasteiger partial charge in [0.2, 0.25) is 0 Å². The molecule has 0 saturated carbocycles. The summed E-state index contributed by atoms with van der Waals surface area (Å²) in [6, 6.07) is 18.0. The summed E-state index contributed by atoms with van der Waals surface area (Å²) in [5.41, 5.74) is -5.32. The molecule has 0 aliphatic carbocycles. The van der Waals surface area contributed by atoms with Crippen LogP contribution in [0, 0.1) is 0 Å². The maximum atomic E-state index is 9.79. The van der Waals surface area contributed by atoms with E-state index in [2.05, 4.69) is 36.4 Å². The van der Waals surface area contributed by atoms with E-state index in [9.17, 15) is 13.7 Å². The average Bonchev–Trinajstić information content (AvgIpc) is 1.52. The second kappa shape index (κ2) is 16.7. The number of aromatic nitrogens is 4. The van der Waals surface area contributed by atoms with E-state index in [4.69, 9.17) is 37.2 Å². The van der Waals surface area contributed by atoms with Crippen LogP contribution in [-0.2, 0) is 0 Å². The summed E-state index contributed by atoms with van der Waals surface area (Å²) in [5, 5.41) is 2.30. The molecule has 10 aromatic carbocycles. The van der Waals surface area contributed by atoms with Crippen LogP contribution in [0.1, 0.15) is 31.5 Å². The fourth-order valence-corrected chi connectivity index (χ4v) is 13.8. The second-order valence-corrected chi connectivity index (χ2v) is 19.6. The summed E-state index contributed by atoms with van der Waals surface area (Å²) in [4.78, 5) is 14.6. The smallest absolute Gasteiger partial charge is 0.179 e. The molecule has 0 unspecified atom stereocenters. The van der Waals surface area contributed by atoms with Crippen molar-refractivity contribution in [2.45, 2.75) is 0 Å². The van der Waals surface area contributed by atoms with Crippen molar-refractivity contribution in [2.24, 2.45) is 0 Å². The number of rotatable bonds is 9. The molecular weight excluding hydrogens is 857 g/mol. The first-order chi connectivity index (χ1) is 43.8. The number of benzene rings is 10. The minimum atomic E-state index is -3.25. The number of hydrogen-bond donors (Lipinski definition) is 0. The van der Waals surface area contributed by atoms with Gasteiger partial charge in [-0.1, -0.05) is 212 Å². The van der Waals surface area contributed by atoms with Gasteiger partial charge in [0, 0.05) is 38.2 Å². The van der Waals surface area contributed by atoms with Crippen molar-refractivity contribution in [2.75, 3.05) is 0 Å². The second-order valence-electron chi connectivity index (χ2n) is 15.7. The molecule has 0 amide bonds. The molecule has 69 heavy (non-hydrogen) atoms. The van der Waals surface area contributed by atoms with E-state index in [1.165, 1.54) is 0 Å². The van der Waals surface area contributed by atoms with Crippen molar-refractivity contribution < 1.29 is 35.9 Å². The van der Waals surface area contributed by atoms with Crippen LogP contribution in [0.25, 0.3) is 94.7 Å². The lowest BCUT2D eigenvalue weighted by atomic mass is 9.98. The molecule has 3 heterocycles. The molecule has 0 aliphatic rings. The zero-order chi connectivity index (χ0) is 65.7. The van der Waals surface area contributed by atoms with E-state index in [1.807, 2.05) is 66.7 Å². The summed E-state index contributed by atoms with van der Waals surface area (Å²) in [6.45, 7) is 0. The molecule has 0 saturated heterocycles. The topological polar surface area (TPSA) is 56.7 Å². The third kappa shape index (κ3) is 6.72. The summed E-state index contributed by atoms with van der Waals surface area (Å²) >= 11 is 0. The molecule has 0 radical (unpaired) electrons. The van der Waals surface area contributed by atoms with E-state index in [-0.39, 0.29) is 22.2 Å². The molecule has 6 heteroatoms. The highest BCUT2D eigenvalue weighted by Gasteiger charge is 2.41. The fourth-order valence-electron chi connectivity index (χ4n) is 9.03. The average molecular weight is 922 g/mol. The Morgan fingerprint density at radius 2 is 0.826 bits per heavy atom. The van der Waals surface area contributed by atoms with Crippen LogP contribution in [-0.4, -0.2) is 27.6 Å². The highest BCUT2D eigenvalue weighted by Crippen LogP contribution is 2.39. The van der Waals surface area contributed by atoms with Gasteiger partial charge in [-0.25, -0.2) is 15.0 Å². The van der Waals surface area contributed by atoms with Crippen LogP contribution in [0.3, 0.4) is 0 Å². The molecule has 13 rings (SSSR count). The first-order valence-corrected chi connectivity index (χ1v) is 23.5. The Hall–Kier alpha value is -8.97. The van der Waals surface area contributed by atoms with Gasteiger partial charge in [-0.15, -0.1) is 0 Å². The summed E-state index contributed by atoms with van der Waals surface area (Å²) < 4.78 is 217.